The van der Waals surface area contributed by atoms with Gasteiger partial charge in [-0.15, -0.1) is 11.3 Å². The number of hydrogen-bond acceptors (Lipinski definition) is 3. The smallest absolute Gasteiger partial charge is 0.0774 e. The molecule has 0 aliphatic heterocycles. The van der Waals surface area contributed by atoms with Crippen molar-refractivity contribution in [3.63, 3.8) is 0 Å². The summed E-state index contributed by atoms with van der Waals surface area (Å²) in [6, 6.07) is 2.17. The van der Waals surface area contributed by atoms with Gasteiger partial charge in [0.1, 0.15) is 0 Å². The van der Waals surface area contributed by atoms with E-state index in [9.17, 15) is 5.11 Å². The SMILES string of the molecule is Cc1sc(CNCC2(O)CCCC(C)C2)cc1Br. The monoisotopic (exact) mass is 331 g/mol. The molecule has 2 N–H and O–H groups in total. The second-order valence-corrected chi connectivity index (χ2v) is 7.84. The summed E-state index contributed by atoms with van der Waals surface area (Å²) in [4.78, 5) is 2.64. The molecule has 1 heterocycles. The Morgan fingerprint density at radius 2 is 2.39 bits per heavy atom. The molecule has 0 saturated heterocycles. The minimum atomic E-state index is -0.485. The minimum absolute atomic E-state index is 0.485. The number of aliphatic hydroxyl groups is 1. The molecule has 18 heavy (non-hydrogen) atoms. The number of aryl methyl sites for hydroxylation is 1. The Labute approximate surface area is 122 Å². The lowest BCUT2D eigenvalue weighted by molar-refractivity contribution is -0.0118. The molecule has 2 atom stereocenters. The zero-order valence-corrected chi connectivity index (χ0v) is 13.5. The van der Waals surface area contributed by atoms with Crippen LogP contribution in [0, 0.1) is 12.8 Å². The molecule has 1 fully saturated rings. The summed E-state index contributed by atoms with van der Waals surface area (Å²) in [6.07, 6.45) is 4.30. The quantitative estimate of drug-likeness (QED) is 0.878. The molecule has 1 aromatic heterocycles. The highest BCUT2D eigenvalue weighted by Gasteiger charge is 2.31. The summed E-state index contributed by atoms with van der Waals surface area (Å²) in [7, 11) is 0. The highest BCUT2D eigenvalue weighted by atomic mass is 79.9. The van der Waals surface area contributed by atoms with E-state index in [0.717, 1.165) is 25.8 Å². The molecule has 2 rings (SSSR count). The number of rotatable bonds is 4. The largest absolute Gasteiger partial charge is 0.389 e. The molecular formula is C14H22BrNOS. The first-order valence-corrected chi connectivity index (χ1v) is 8.27. The Hall–Kier alpha value is 0.100. The van der Waals surface area contributed by atoms with Crippen LogP contribution in [0.5, 0.6) is 0 Å². The predicted molar refractivity (Wildman–Crippen MR) is 81.0 cm³/mol. The highest BCUT2D eigenvalue weighted by Crippen LogP contribution is 2.32. The second-order valence-electron chi connectivity index (χ2n) is 5.65. The Bertz CT molecular complexity index is 387. The first kappa shape index (κ1) is 14.5. The third-order valence-corrected chi connectivity index (χ3v) is 5.87. The van der Waals surface area contributed by atoms with Gasteiger partial charge in [-0.3, -0.25) is 0 Å². The molecule has 0 radical (unpaired) electrons. The minimum Gasteiger partial charge on any atom is -0.389 e. The van der Waals surface area contributed by atoms with Crippen LogP contribution in [-0.2, 0) is 6.54 Å². The molecule has 1 aliphatic carbocycles. The van der Waals surface area contributed by atoms with Crippen molar-refractivity contribution in [2.45, 2.75) is 51.7 Å². The Morgan fingerprint density at radius 1 is 1.61 bits per heavy atom. The van der Waals surface area contributed by atoms with E-state index in [1.54, 1.807) is 0 Å². The summed E-state index contributed by atoms with van der Waals surface area (Å²) in [5.74, 6) is 0.656. The van der Waals surface area contributed by atoms with Crippen molar-refractivity contribution in [3.8, 4) is 0 Å². The molecule has 1 saturated carbocycles. The molecule has 102 valence electrons. The summed E-state index contributed by atoms with van der Waals surface area (Å²) in [5, 5.41) is 13.9. The van der Waals surface area contributed by atoms with Crippen molar-refractivity contribution in [1.29, 1.82) is 0 Å². The van der Waals surface area contributed by atoms with Gasteiger partial charge in [0.15, 0.2) is 0 Å². The van der Waals surface area contributed by atoms with Crippen LogP contribution in [0.1, 0.15) is 42.4 Å². The zero-order valence-electron chi connectivity index (χ0n) is 11.1. The molecule has 0 bridgehead atoms. The van der Waals surface area contributed by atoms with Gasteiger partial charge >= 0.3 is 0 Å². The van der Waals surface area contributed by atoms with E-state index in [2.05, 4.69) is 41.2 Å². The number of hydrogen-bond donors (Lipinski definition) is 2. The van der Waals surface area contributed by atoms with Gasteiger partial charge in [0.2, 0.25) is 0 Å². The molecule has 0 aromatic carbocycles. The molecule has 0 amide bonds. The molecule has 0 spiro atoms. The maximum absolute atomic E-state index is 10.5. The first-order chi connectivity index (χ1) is 8.48. The van der Waals surface area contributed by atoms with Crippen molar-refractivity contribution >= 4 is 27.3 Å². The average Bonchev–Trinajstić information content (AvgIpc) is 2.57. The van der Waals surface area contributed by atoms with Crippen molar-refractivity contribution in [1.82, 2.24) is 5.32 Å². The van der Waals surface area contributed by atoms with Crippen molar-refractivity contribution in [3.05, 3.63) is 20.3 Å². The Balaban J connectivity index is 1.81. The first-order valence-electron chi connectivity index (χ1n) is 6.66. The van der Waals surface area contributed by atoms with E-state index < -0.39 is 5.60 Å². The standard InChI is InChI=1S/C14H22BrNOS/c1-10-4-3-5-14(17,7-10)9-16-8-12-6-13(15)11(2)18-12/h6,10,16-17H,3-5,7-9H2,1-2H3. The maximum Gasteiger partial charge on any atom is 0.0774 e. The Kier molecular flexibility index (Phi) is 4.86. The van der Waals surface area contributed by atoms with E-state index in [0.29, 0.717) is 12.5 Å². The van der Waals surface area contributed by atoms with Crippen LogP contribution < -0.4 is 5.32 Å². The summed E-state index contributed by atoms with van der Waals surface area (Å²) >= 11 is 5.35. The van der Waals surface area contributed by atoms with E-state index >= 15 is 0 Å². The predicted octanol–water partition coefficient (Wildman–Crippen LogP) is 3.85. The van der Waals surface area contributed by atoms with E-state index in [1.165, 1.54) is 20.6 Å². The van der Waals surface area contributed by atoms with Crippen LogP contribution in [0.4, 0.5) is 0 Å². The van der Waals surface area contributed by atoms with Gasteiger partial charge in [-0.25, -0.2) is 0 Å². The van der Waals surface area contributed by atoms with Gasteiger partial charge in [0.05, 0.1) is 5.60 Å². The second kappa shape index (κ2) is 6.04. The lowest BCUT2D eigenvalue weighted by Crippen LogP contribution is -2.43. The van der Waals surface area contributed by atoms with Crippen LogP contribution in [-0.4, -0.2) is 17.3 Å². The molecule has 4 heteroatoms. The number of thiophene rings is 1. The van der Waals surface area contributed by atoms with Crippen LogP contribution in [0.3, 0.4) is 0 Å². The third-order valence-electron chi connectivity index (χ3n) is 3.73. The van der Waals surface area contributed by atoms with Crippen LogP contribution >= 0.6 is 27.3 Å². The molecule has 1 aliphatic rings. The average molecular weight is 332 g/mol. The van der Waals surface area contributed by atoms with Gasteiger partial charge in [0.25, 0.3) is 0 Å². The third kappa shape index (κ3) is 3.80. The van der Waals surface area contributed by atoms with Crippen molar-refractivity contribution in [2.75, 3.05) is 6.54 Å². The highest BCUT2D eigenvalue weighted by molar-refractivity contribution is 9.10. The van der Waals surface area contributed by atoms with E-state index in [-0.39, 0.29) is 0 Å². The van der Waals surface area contributed by atoms with Crippen molar-refractivity contribution in [2.24, 2.45) is 5.92 Å². The van der Waals surface area contributed by atoms with Gasteiger partial charge in [-0.2, -0.15) is 0 Å². The van der Waals surface area contributed by atoms with Crippen LogP contribution in [0.15, 0.2) is 10.5 Å². The fourth-order valence-electron chi connectivity index (χ4n) is 2.82. The van der Waals surface area contributed by atoms with Gasteiger partial charge in [0, 0.05) is 27.3 Å². The van der Waals surface area contributed by atoms with Crippen molar-refractivity contribution < 1.29 is 5.11 Å². The normalized spacial score (nSPS) is 28.6. The topological polar surface area (TPSA) is 32.3 Å². The fraction of sp³-hybridized carbons (Fsp3) is 0.714. The van der Waals surface area contributed by atoms with Gasteiger partial charge in [-0.05, 0) is 47.7 Å². The van der Waals surface area contributed by atoms with Crippen LogP contribution in [0.25, 0.3) is 0 Å². The summed E-state index contributed by atoms with van der Waals surface area (Å²) in [6.45, 7) is 5.93. The lowest BCUT2D eigenvalue weighted by atomic mass is 9.79. The number of nitrogens with one attached hydrogen (secondary N) is 1. The number of halogens is 1. The molecule has 2 nitrogen and oxygen atoms in total. The molecular weight excluding hydrogens is 310 g/mol. The zero-order chi connectivity index (χ0) is 13.2. The lowest BCUT2D eigenvalue weighted by Gasteiger charge is -2.35. The summed E-state index contributed by atoms with van der Waals surface area (Å²) in [5.41, 5.74) is -0.485. The fourth-order valence-corrected chi connectivity index (χ4v) is 4.39. The summed E-state index contributed by atoms with van der Waals surface area (Å²) < 4.78 is 1.19. The van der Waals surface area contributed by atoms with E-state index in [4.69, 9.17) is 0 Å². The molecule has 1 aromatic rings. The van der Waals surface area contributed by atoms with Gasteiger partial charge < -0.3 is 10.4 Å². The van der Waals surface area contributed by atoms with E-state index in [1.807, 2.05) is 11.3 Å². The van der Waals surface area contributed by atoms with Gasteiger partial charge in [-0.1, -0.05) is 19.8 Å². The van der Waals surface area contributed by atoms with Crippen LogP contribution in [0.2, 0.25) is 0 Å². The maximum atomic E-state index is 10.5. The Morgan fingerprint density at radius 3 is 3.00 bits per heavy atom. The molecule has 2 unspecified atom stereocenters.